The summed E-state index contributed by atoms with van der Waals surface area (Å²) < 4.78 is 5.84. The number of rotatable bonds is 10. The molecular weight excluding hydrogens is 690 g/mol. The Labute approximate surface area is 288 Å². The van der Waals surface area contributed by atoms with E-state index >= 15 is 0 Å². The number of thioether (sulfide) groups is 1. The summed E-state index contributed by atoms with van der Waals surface area (Å²) in [6.45, 7) is 0. The van der Waals surface area contributed by atoms with E-state index in [0.717, 1.165) is 10.5 Å². The maximum atomic E-state index is 13.5. The predicted octanol–water partition coefficient (Wildman–Crippen LogP) is 10.5. The van der Waals surface area contributed by atoms with Gasteiger partial charge in [0.15, 0.2) is 0 Å². The molecule has 0 heterocycles. The van der Waals surface area contributed by atoms with Crippen molar-refractivity contribution in [3.63, 3.8) is 0 Å². The number of carboxylic acids is 1. The number of para-hydroxylation sites is 1. The van der Waals surface area contributed by atoms with Gasteiger partial charge in [0.25, 0.3) is 5.91 Å². The fourth-order valence-corrected chi connectivity index (χ4v) is 6.38. The third-order valence-electron chi connectivity index (χ3n) is 6.52. The van der Waals surface area contributed by atoms with E-state index in [-0.39, 0.29) is 21.0 Å². The first-order valence-corrected chi connectivity index (χ1v) is 15.9. The van der Waals surface area contributed by atoms with Gasteiger partial charge < -0.3 is 20.5 Å². The summed E-state index contributed by atoms with van der Waals surface area (Å²) in [6, 6.07) is 32.5. The number of hydrogen-bond acceptors (Lipinski definition) is 5. The number of carboxylic acid groups (broad SMARTS) is 1. The molecule has 3 N–H and O–H groups in total. The van der Waals surface area contributed by atoms with Crippen LogP contribution in [0.2, 0.25) is 20.1 Å². The zero-order chi connectivity index (χ0) is 32.8. The number of anilines is 2. The molecule has 0 aliphatic rings. The topological polar surface area (TPSA) is 105 Å². The molecule has 2 amide bonds. The van der Waals surface area contributed by atoms with E-state index < -0.39 is 33.3 Å². The van der Waals surface area contributed by atoms with Gasteiger partial charge in [-0.15, -0.1) is 11.8 Å². The lowest BCUT2D eigenvalue weighted by atomic mass is 10.1. The zero-order valence-corrected chi connectivity index (χ0v) is 27.3. The number of amides is 2. The Balaban J connectivity index is 1.31. The Bertz CT molecular complexity index is 1890. The minimum atomic E-state index is -1.50. The minimum absolute atomic E-state index is 0.238. The summed E-state index contributed by atoms with van der Waals surface area (Å²) in [5.41, 5.74) is 0.737. The third-order valence-corrected chi connectivity index (χ3v) is 9.58. The van der Waals surface area contributed by atoms with Gasteiger partial charge in [-0.25, -0.2) is 4.79 Å². The van der Waals surface area contributed by atoms with E-state index in [9.17, 15) is 19.5 Å². The van der Waals surface area contributed by atoms with Crippen LogP contribution >= 0.6 is 58.2 Å². The van der Waals surface area contributed by atoms with Crippen LogP contribution in [-0.2, 0) is 4.79 Å². The van der Waals surface area contributed by atoms with Crippen molar-refractivity contribution in [1.82, 2.24) is 0 Å². The Hall–Kier alpha value is -4.18. The molecule has 0 saturated carbocycles. The van der Waals surface area contributed by atoms with Gasteiger partial charge in [0.05, 0.1) is 31.2 Å². The molecule has 0 aliphatic heterocycles. The molecule has 1 unspecified atom stereocenters. The summed E-state index contributed by atoms with van der Waals surface area (Å²) >= 11 is 25.7. The second-order valence-electron chi connectivity index (χ2n) is 9.63. The standard InChI is InChI=1S/C34H22Cl4N2O5S/c35-27-25(26(34(43)44)28(36)30(38)29(27)37)32(41)39-21-13-17-24(18-14-21)46-31(19-7-3-1-4-8-19)33(42)40-20-11-15-23(16-12-20)45-22-9-5-2-6-10-22/h1-18,31H,(H,39,41)(H,40,42)(H,43,44). The van der Waals surface area contributed by atoms with Crippen molar-refractivity contribution in [3.05, 3.63) is 146 Å². The first kappa shape index (κ1) is 33.2. The Morgan fingerprint density at radius 3 is 1.70 bits per heavy atom. The van der Waals surface area contributed by atoms with Gasteiger partial charge >= 0.3 is 5.97 Å². The normalized spacial score (nSPS) is 11.4. The van der Waals surface area contributed by atoms with Crippen LogP contribution in [0.4, 0.5) is 11.4 Å². The largest absolute Gasteiger partial charge is 0.478 e. The molecule has 0 aliphatic carbocycles. The fraction of sp³-hybridized carbons (Fsp3) is 0.0294. The lowest BCUT2D eigenvalue weighted by Crippen LogP contribution is -2.19. The monoisotopic (exact) mass is 710 g/mol. The van der Waals surface area contributed by atoms with Gasteiger partial charge in [0.1, 0.15) is 16.7 Å². The van der Waals surface area contributed by atoms with Crippen molar-refractivity contribution in [1.29, 1.82) is 0 Å². The van der Waals surface area contributed by atoms with Crippen molar-refractivity contribution < 1.29 is 24.2 Å². The molecule has 0 spiro atoms. The molecule has 0 fully saturated rings. The van der Waals surface area contributed by atoms with Crippen LogP contribution in [0.25, 0.3) is 0 Å². The molecule has 1 atom stereocenters. The number of benzene rings is 5. The fourth-order valence-electron chi connectivity index (χ4n) is 4.33. The van der Waals surface area contributed by atoms with E-state index in [1.54, 1.807) is 48.5 Å². The van der Waals surface area contributed by atoms with Gasteiger partial charge in [-0.2, -0.15) is 0 Å². The Morgan fingerprint density at radius 2 is 1.11 bits per heavy atom. The Morgan fingerprint density at radius 1 is 0.609 bits per heavy atom. The van der Waals surface area contributed by atoms with Crippen LogP contribution in [0.3, 0.4) is 0 Å². The number of carbonyl (C=O) groups is 3. The van der Waals surface area contributed by atoms with Gasteiger partial charge in [0.2, 0.25) is 5.91 Å². The number of aromatic carboxylic acids is 1. The van der Waals surface area contributed by atoms with Crippen LogP contribution < -0.4 is 15.4 Å². The summed E-state index contributed by atoms with van der Waals surface area (Å²) in [6.07, 6.45) is 0. The summed E-state index contributed by atoms with van der Waals surface area (Å²) in [4.78, 5) is 39.3. The van der Waals surface area contributed by atoms with Crippen LogP contribution in [0, 0.1) is 0 Å². The molecule has 5 aromatic carbocycles. The maximum Gasteiger partial charge on any atom is 0.338 e. The number of carbonyl (C=O) groups excluding carboxylic acids is 2. The molecule has 12 heteroatoms. The Kier molecular flexibility index (Phi) is 10.8. The summed E-state index contributed by atoms with van der Waals surface area (Å²) in [5, 5.41) is 13.4. The van der Waals surface area contributed by atoms with E-state index in [2.05, 4.69) is 10.6 Å². The van der Waals surface area contributed by atoms with Crippen molar-refractivity contribution in [3.8, 4) is 11.5 Å². The lowest BCUT2D eigenvalue weighted by Gasteiger charge is -2.18. The highest BCUT2D eigenvalue weighted by Gasteiger charge is 2.29. The molecule has 46 heavy (non-hydrogen) atoms. The van der Waals surface area contributed by atoms with Crippen molar-refractivity contribution in [2.75, 3.05) is 10.6 Å². The van der Waals surface area contributed by atoms with E-state index in [1.165, 1.54) is 11.8 Å². The average Bonchev–Trinajstić information content (AvgIpc) is 3.06. The predicted molar refractivity (Wildman–Crippen MR) is 184 cm³/mol. The lowest BCUT2D eigenvalue weighted by molar-refractivity contribution is -0.115. The molecule has 0 radical (unpaired) electrons. The second-order valence-corrected chi connectivity index (χ2v) is 12.3. The highest BCUT2D eigenvalue weighted by Crippen LogP contribution is 2.42. The third kappa shape index (κ3) is 7.78. The zero-order valence-electron chi connectivity index (χ0n) is 23.5. The highest BCUT2D eigenvalue weighted by molar-refractivity contribution is 8.00. The summed E-state index contributed by atoms with van der Waals surface area (Å²) in [7, 11) is 0. The molecular formula is C34H22Cl4N2O5S. The molecule has 0 saturated heterocycles. The molecule has 0 aromatic heterocycles. The van der Waals surface area contributed by atoms with Crippen LogP contribution in [0.15, 0.2) is 114 Å². The number of nitrogens with one attached hydrogen (secondary N) is 2. The van der Waals surface area contributed by atoms with E-state index in [4.69, 9.17) is 51.1 Å². The van der Waals surface area contributed by atoms with E-state index in [0.29, 0.717) is 22.9 Å². The molecule has 7 nitrogen and oxygen atoms in total. The van der Waals surface area contributed by atoms with Crippen LogP contribution in [0.5, 0.6) is 11.5 Å². The van der Waals surface area contributed by atoms with Crippen molar-refractivity contribution >= 4 is 87.3 Å². The first-order chi connectivity index (χ1) is 22.1. The highest BCUT2D eigenvalue weighted by atomic mass is 35.5. The van der Waals surface area contributed by atoms with E-state index in [1.807, 2.05) is 60.7 Å². The molecule has 5 rings (SSSR count). The maximum absolute atomic E-state index is 13.5. The van der Waals surface area contributed by atoms with Crippen molar-refractivity contribution in [2.24, 2.45) is 0 Å². The van der Waals surface area contributed by atoms with Gasteiger partial charge in [0, 0.05) is 16.3 Å². The second kappa shape index (κ2) is 14.9. The molecule has 0 bridgehead atoms. The smallest absolute Gasteiger partial charge is 0.338 e. The van der Waals surface area contributed by atoms with Crippen LogP contribution in [0.1, 0.15) is 31.5 Å². The SMILES string of the molecule is O=C(O)c1c(Cl)c(Cl)c(Cl)c(Cl)c1C(=O)Nc1ccc(SC(C(=O)Nc2ccc(Oc3ccccc3)cc2)c2ccccc2)cc1. The summed E-state index contributed by atoms with van der Waals surface area (Å²) in [5.74, 6) is -1.24. The number of ether oxygens (including phenoxy) is 1. The molecule has 5 aromatic rings. The van der Waals surface area contributed by atoms with Crippen LogP contribution in [-0.4, -0.2) is 22.9 Å². The minimum Gasteiger partial charge on any atom is -0.478 e. The van der Waals surface area contributed by atoms with Crippen molar-refractivity contribution in [2.45, 2.75) is 10.1 Å². The van der Waals surface area contributed by atoms with Gasteiger partial charge in [-0.1, -0.05) is 94.9 Å². The van der Waals surface area contributed by atoms with Gasteiger partial charge in [-0.05, 0) is 66.2 Å². The first-order valence-electron chi connectivity index (χ1n) is 13.5. The average molecular weight is 712 g/mol. The van der Waals surface area contributed by atoms with Gasteiger partial charge in [-0.3, -0.25) is 9.59 Å². The molecule has 232 valence electrons. The number of halogens is 4. The number of hydrogen-bond donors (Lipinski definition) is 3. The quantitative estimate of drug-likeness (QED) is 0.0757.